The zero-order valence-corrected chi connectivity index (χ0v) is 21.3. The second-order valence-corrected chi connectivity index (χ2v) is 8.36. The number of allylic oxidation sites excluding steroid dienone is 3. The number of nitrogens with one attached hydrogen (secondary N) is 1. The van der Waals surface area contributed by atoms with E-state index in [1.165, 1.54) is 13.1 Å². The van der Waals surface area contributed by atoms with Crippen molar-refractivity contribution in [3.63, 3.8) is 0 Å². The van der Waals surface area contributed by atoms with E-state index >= 15 is 0 Å². The second-order valence-electron chi connectivity index (χ2n) is 7.84. The van der Waals surface area contributed by atoms with E-state index in [4.69, 9.17) is 10.5 Å². The molecule has 1 saturated heterocycles. The lowest BCUT2D eigenvalue weighted by Crippen LogP contribution is -2.42. The molecule has 0 spiro atoms. The zero-order chi connectivity index (χ0) is 25.8. The highest BCUT2D eigenvalue weighted by Crippen LogP contribution is 2.26. The van der Waals surface area contributed by atoms with Crippen LogP contribution >= 0.6 is 11.7 Å². The van der Waals surface area contributed by atoms with Crippen LogP contribution in [-0.4, -0.2) is 70.7 Å². The van der Waals surface area contributed by atoms with E-state index in [0.29, 0.717) is 49.2 Å². The van der Waals surface area contributed by atoms with E-state index < -0.39 is 0 Å². The Hall–Kier alpha value is -3.54. The number of hydrogen-bond acceptors (Lipinski definition) is 7. The van der Waals surface area contributed by atoms with Gasteiger partial charge < -0.3 is 25.6 Å². The SMILES string of the molecule is C=CN=C(N)/N=C(\C)COc1nsnc1N1CCCN(C(=O)NCC(/C=C(/C)C=C)=C(/C)F)CC1. The summed E-state index contributed by atoms with van der Waals surface area (Å²) in [4.78, 5) is 24.4. The van der Waals surface area contributed by atoms with Crippen molar-refractivity contribution >= 4 is 35.2 Å². The largest absolute Gasteiger partial charge is 0.468 e. The molecule has 2 amide bonds. The summed E-state index contributed by atoms with van der Waals surface area (Å²) in [5.74, 6) is 0.785. The molecule has 0 saturated carbocycles. The Kier molecular flexibility index (Phi) is 11.1. The average Bonchev–Trinajstić information content (AvgIpc) is 3.15. The molecule has 1 aromatic rings. The highest BCUT2D eigenvalue weighted by atomic mass is 32.1. The maximum absolute atomic E-state index is 13.9. The van der Waals surface area contributed by atoms with Crippen LogP contribution in [0.1, 0.15) is 27.2 Å². The Labute approximate surface area is 209 Å². The summed E-state index contributed by atoms with van der Waals surface area (Å²) in [6, 6.07) is -0.242. The van der Waals surface area contributed by atoms with E-state index in [0.717, 1.165) is 23.7 Å². The fourth-order valence-electron chi connectivity index (χ4n) is 3.20. The van der Waals surface area contributed by atoms with Crippen LogP contribution in [0.3, 0.4) is 0 Å². The summed E-state index contributed by atoms with van der Waals surface area (Å²) in [5, 5.41) is 2.81. The van der Waals surface area contributed by atoms with E-state index in [-0.39, 0.29) is 31.0 Å². The van der Waals surface area contributed by atoms with Crippen molar-refractivity contribution in [2.24, 2.45) is 15.7 Å². The van der Waals surface area contributed by atoms with Crippen LogP contribution in [0.25, 0.3) is 0 Å². The third-order valence-corrected chi connectivity index (χ3v) is 5.57. The predicted octanol–water partition coefficient (Wildman–Crippen LogP) is 3.43. The van der Waals surface area contributed by atoms with Gasteiger partial charge in [0.2, 0.25) is 11.8 Å². The van der Waals surface area contributed by atoms with E-state index in [1.807, 2.05) is 11.8 Å². The topological polar surface area (TPSA) is 121 Å². The Balaban J connectivity index is 1.95. The Morgan fingerprint density at radius 3 is 2.71 bits per heavy atom. The first kappa shape index (κ1) is 27.7. The van der Waals surface area contributed by atoms with E-state index in [2.05, 4.69) is 37.2 Å². The number of rotatable bonds is 9. The van der Waals surface area contributed by atoms with Gasteiger partial charge in [-0.25, -0.2) is 19.2 Å². The summed E-state index contributed by atoms with van der Waals surface area (Å²) in [6.07, 6.45) is 5.37. The molecule has 0 unspecified atom stereocenters. The first-order chi connectivity index (χ1) is 16.7. The maximum Gasteiger partial charge on any atom is 0.317 e. The minimum Gasteiger partial charge on any atom is -0.468 e. The van der Waals surface area contributed by atoms with Crippen LogP contribution in [-0.2, 0) is 0 Å². The first-order valence-corrected chi connectivity index (χ1v) is 11.9. The number of ether oxygens (including phenoxy) is 1. The average molecular weight is 505 g/mol. The fourth-order valence-corrected chi connectivity index (χ4v) is 3.72. The molecule has 35 heavy (non-hydrogen) atoms. The molecule has 2 rings (SSSR count). The number of halogens is 1. The molecule has 0 bridgehead atoms. The van der Waals surface area contributed by atoms with Crippen molar-refractivity contribution in [1.29, 1.82) is 0 Å². The Morgan fingerprint density at radius 2 is 2.03 bits per heavy atom. The molecule has 0 aliphatic carbocycles. The third kappa shape index (κ3) is 8.96. The molecule has 3 N–H and O–H groups in total. The number of anilines is 1. The van der Waals surface area contributed by atoms with Gasteiger partial charge in [-0.05, 0) is 27.2 Å². The zero-order valence-electron chi connectivity index (χ0n) is 20.5. The van der Waals surface area contributed by atoms with Gasteiger partial charge in [0.1, 0.15) is 12.4 Å². The van der Waals surface area contributed by atoms with Gasteiger partial charge >= 0.3 is 6.03 Å². The smallest absolute Gasteiger partial charge is 0.317 e. The molecule has 0 atom stereocenters. The van der Waals surface area contributed by atoms with Gasteiger partial charge in [0.05, 0.1) is 17.4 Å². The maximum atomic E-state index is 13.9. The monoisotopic (exact) mass is 504 g/mol. The molecule has 0 aromatic carbocycles. The van der Waals surface area contributed by atoms with Crippen molar-refractivity contribution in [3.8, 4) is 5.88 Å². The van der Waals surface area contributed by atoms with Crippen molar-refractivity contribution in [2.45, 2.75) is 27.2 Å². The number of urea groups is 1. The summed E-state index contributed by atoms with van der Waals surface area (Å²) in [6.45, 7) is 14.7. The summed E-state index contributed by atoms with van der Waals surface area (Å²) < 4.78 is 28.3. The number of carbonyl (C=O) groups excluding carboxylic acids is 1. The molecule has 1 aliphatic heterocycles. The number of aromatic nitrogens is 2. The van der Waals surface area contributed by atoms with Crippen molar-refractivity contribution in [1.82, 2.24) is 19.0 Å². The molecular formula is C23H33FN8O2S. The van der Waals surface area contributed by atoms with Gasteiger partial charge in [-0.15, -0.1) is 4.37 Å². The Bertz CT molecular complexity index is 1030. The summed E-state index contributed by atoms with van der Waals surface area (Å²) in [7, 11) is 0. The number of hydrogen-bond donors (Lipinski definition) is 2. The van der Waals surface area contributed by atoms with Gasteiger partial charge in [0.15, 0.2) is 0 Å². The molecule has 1 aromatic heterocycles. The van der Waals surface area contributed by atoms with Crippen LogP contribution in [0.15, 0.2) is 58.5 Å². The van der Waals surface area contributed by atoms with Crippen molar-refractivity contribution < 1.29 is 13.9 Å². The molecule has 190 valence electrons. The summed E-state index contributed by atoms with van der Waals surface area (Å²) >= 11 is 1.05. The first-order valence-electron chi connectivity index (χ1n) is 11.1. The number of aliphatic imine (C=N–C) groups is 2. The van der Waals surface area contributed by atoms with Gasteiger partial charge in [-0.2, -0.15) is 4.37 Å². The predicted molar refractivity (Wildman–Crippen MR) is 140 cm³/mol. The molecular weight excluding hydrogens is 471 g/mol. The van der Waals surface area contributed by atoms with Crippen molar-refractivity contribution in [2.75, 3.05) is 44.2 Å². The van der Waals surface area contributed by atoms with Crippen LogP contribution in [0, 0.1) is 0 Å². The number of nitrogens with two attached hydrogens (primary N) is 1. The van der Waals surface area contributed by atoms with Crippen molar-refractivity contribution in [3.05, 3.63) is 48.5 Å². The van der Waals surface area contributed by atoms with E-state index in [1.54, 1.807) is 24.0 Å². The number of guanidine groups is 1. The lowest BCUT2D eigenvalue weighted by atomic mass is 10.1. The van der Waals surface area contributed by atoms with Gasteiger partial charge in [-0.1, -0.05) is 30.9 Å². The molecule has 2 heterocycles. The van der Waals surface area contributed by atoms with Crippen LogP contribution in [0.4, 0.5) is 15.0 Å². The fraction of sp³-hybridized carbons (Fsp3) is 0.435. The number of amides is 2. The van der Waals surface area contributed by atoms with Crippen LogP contribution < -0.4 is 20.7 Å². The molecule has 0 radical (unpaired) electrons. The number of nitrogens with zero attached hydrogens (tertiary/aromatic N) is 6. The molecule has 12 heteroatoms. The summed E-state index contributed by atoms with van der Waals surface area (Å²) in [5.41, 5.74) is 7.51. The highest BCUT2D eigenvalue weighted by Gasteiger charge is 2.23. The third-order valence-electron chi connectivity index (χ3n) is 5.07. The molecule has 10 nitrogen and oxygen atoms in total. The molecule has 1 fully saturated rings. The highest BCUT2D eigenvalue weighted by molar-refractivity contribution is 6.99. The second kappa shape index (κ2) is 14.0. The van der Waals surface area contributed by atoms with Crippen LogP contribution in [0.2, 0.25) is 0 Å². The minimum atomic E-state index is -0.340. The van der Waals surface area contributed by atoms with Gasteiger partial charge in [0.25, 0.3) is 5.88 Å². The lowest BCUT2D eigenvalue weighted by molar-refractivity contribution is 0.202. The Morgan fingerprint density at radius 1 is 1.26 bits per heavy atom. The number of carbonyl (C=O) groups is 1. The minimum absolute atomic E-state index is 0.0970. The van der Waals surface area contributed by atoms with Gasteiger partial charge in [-0.3, -0.25) is 0 Å². The standard InChI is InChI=1S/C23H33FN8O2S/c1-6-16(3)13-19(18(5)24)14-27-23(33)32-10-8-9-31(11-12-32)20-21(30-35-29-20)34-15-17(4)28-22(25)26-7-2/h6-7,13H,1-2,8-12,14-15H2,3-5H3,(H2,25,26)(H,27,33)/b16-13-,19-18-,28-17+. The normalized spacial score (nSPS) is 16.4. The van der Waals surface area contributed by atoms with Crippen LogP contribution in [0.5, 0.6) is 5.88 Å². The quantitative estimate of drug-likeness (QED) is 0.302. The lowest BCUT2D eigenvalue weighted by Gasteiger charge is -2.22. The molecule has 1 aliphatic rings. The van der Waals surface area contributed by atoms with E-state index in [9.17, 15) is 9.18 Å². The van der Waals surface area contributed by atoms with Gasteiger partial charge in [0, 0.05) is 44.5 Å².